The van der Waals surface area contributed by atoms with Gasteiger partial charge in [-0.1, -0.05) is 105 Å². The van der Waals surface area contributed by atoms with Crippen molar-refractivity contribution in [1.82, 2.24) is 9.55 Å². The zero-order chi connectivity index (χ0) is 32.4. The predicted octanol–water partition coefficient (Wildman–Crippen LogP) is 10.6. The van der Waals surface area contributed by atoms with Gasteiger partial charge in [-0.2, -0.15) is 18.3 Å². The van der Waals surface area contributed by atoms with Crippen LogP contribution >= 0.6 is 0 Å². The van der Waals surface area contributed by atoms with E-state index in [2.05, 4.69) is 91.3 Å². The van der Waals surface area contributed by atoms with Crippen LogP contribution in [0.1, 0.15) is 31.9 Å². The summed E-state index contributed by atoms with van der Waals surface area (Å²) in [6.45, 7) is 6.62. The molecule has 0 atom stereocenters. The summed E-state index contributed by atoms with van der Waals surface area (Å²) in [6, 6.07) is 47.3. The second-order valence-electron chi connectivity index (χ2n) is 12.4. The van der Waals surface area contributed by atoms with E-state index in [-0.39, 0.29) is 26.5 Å². The molecule has 0 saturated carbocycles. The van der Waals surface area contributed by atoms with E-state index in [4.69, 9.17) is 9.72 Å². The first-order valence-corrected chi connectivity index (χ1v) is 15.6. The number of nitrogens with one attached hydrogen (secondary N) is 1. The van der Waals surface area contributed by atoms with Crippen LogP contribution in [0.25, 0.3) is 49.7 Å². The molecule has 240 valence electrons. The summed E-state index contributed by atoms with van der Waals surface area (Å²) in [7, 11) is 0. The average Bonchev–Trinajstić information content (AvgIpc) is 3.43. The zero-order valence-electron chi connectivity index (χ0n) is 26.8. The predicted molar refractivity (Wildman–Crippen MR) is 194 cm³/mol. The maximum atomic E-state index is 10.0. The second kappa shape index (κ2) is 13.8. The summed E-state index contributed by atoms with van der Waals surface area (Å²) in [5, 5.41) is 15.5. The topological polar surface area (TPSA) is 61.4 Å². The molecule has 1 N–H and O–H groups in total. The first-order chi connectivity index (χ1) is 22.9. The van der Waals surface area contributed by atoms with Gasteiger partial charge in [-0.15, -0.1) is 35.7 Å². The van der Waals surface area contributed by atoms with Crippen LogP contribution < -0.4 is 10.1 Å². The van der Waals surface area contributed by atoms with Crippen molar-refractivity contribution in [3.63, 3.8) is 0 Å². The minimum atomic E-state index is -0.0124. The van der Waals surface area contributed by atoms with Crippen molar-refractivity contribution >= 4 is 39.3 Å². The number of ether oxygens (including phenoxy) is 1. The van der Waals surface area contributed by atoms with Crippen LogP contribution in [0, 0.1) is 12.1 Å². The molecule has 2 heterocycles. The number of fused-ring (bicyclic) bond motifs is 3. The third-order valence-corrected chi connectivity index (χ3v) is 8.23. The van der Waals surface area contributed by atoms with Gasteiger partial charge < -0.3 is 20.0 Å². The first-order valence-electron chi connectivity index (χ1n) is 15.6. The molecule has 0 unspecified atom stereocenters. The van der Waals surface area contributed by atoms with Gasteiger partial charge in [0.2, 0.25) is 0 Å². The summed E-state index contributed by atoms with van der Waals surface area (Å²) in [4.78, 5) is 4.76. The fourth-order valence-corrected chi connectivity index (χ4v) is 5.73. The van der Waals surface area contributed by atoms with E-state index in [1.165, 1.54) is 5.56 Å². The largest absolute Gasteiger partial charge is 0.810 e. The normalized spacial score (nSPS) is 11.7. The second-order valence-corrected chi connectivity index (χ2v) is 12.4. The minimum Gasteiger partial charge on any atom is -0.810 e. The van der Waals surface area contributed by atoms with Crippen LogP contribution in [-0.2, 0) is 26.5 Å². The molecule has 0 spiro atoms. The summed E-state index contributed by atoms with van der Waals surface area (Å²) < 4.78 is 8.45. The van der Waals surface area contributed by atoms with Gasteiger partial charge in [0, 0.05) is 50.5 Å². The molecule has 48 heavy (non-hydrogen) atoms. The summed E-state index contributed by atoms with van der Waals surface area (Å²) in [6.07, 6.45) is 4.72. The smallest absolute Gasteiger partial charge is 0.135 e. The molecule has 0 amide bonds. The van der Waals surface area contributed by atoms with Gasteiger partial charge in [-0.3, -0.25) is 0 Å². The number of pyridine rings is 1. The number of para-hydroxylation sites is 1. The van der Waals surface area contributed by atoms with E-state index >= 15 is 0 Å². The van der Waals surface area contributed by atoms with Gasteiger partial charge in [-0.25, -0.2) is 4.98 Å². The third kappa shape index (κ3) is 6.74. The van der Waals surface area contributed by atoms with Gasteiger partial charge in [0.1, 0.15) is 5.82 Å². The molecule has 0 aliphatic heterocycles. The van der Waals surface area contributed by atoms with E-state index in [1.54, 1.807) is 6.20 Å². The van der Waals surface area contributed by atoms with Crippen molar-refractivity contribution in [3.05, 3.63) is 162 Å². The number of hydrogen-bond donors (Lipinski definition) is 1. The standard InChI is InChI=1S/C42H33N4O.Pt/c1-42(2,3)33-22-23-44-41(24-33)46-39-15-8-7-14-37(39)38-21-20-36(26-40(38)46)47-35-13-9-12-34(25-35)45-28-32(27-43)31-18-16-30(17-19-31)29-10-5-4-6-11-29;/h4-24,27-28,45H,1-3H3;/q-3;/b32-28+;. The van der Waals surface area contributed by atoms with Gasteiger partial charge >= 0.3 is 0 Å². The van der Waals surface area contributed by atoms with Gasteiger partial charge in [-0.05, 0) is 56.8 Å². The Hall–Kier alpha value is -5.25. The molecular weight excluding hydrogens is 772 g/mol. The quantitative estimate of drug-likeness (QED) is 0.123. The van der Waals surface area contributed by atoms with Crippen LogP contribution in [0.2, 0.25) is 0 Å². The Balaban J connectivity index is 0.00000401. The number of hydrogen-bond acceptors (Lipinski definition) is 3. The van der Waals surface area contributed by atoms with Crippen molar-refractivity contribution in [3.8, 4) is 28.4 Å². The molecule has 5 aromatic carbocycles. The molecule has 0 aliphatic rings. The molecule has 0 saturated heterocycles. The van der Waals surface area contributed by atoms with Gasteiger partial charge in [0.15, 0.2) is 0 Å². The van der Waals surface area contributed by atoms with E-state index in [0.717, 1.165) is 50.5 Å². The van der Waals surface area contributed by atoms with Crippen LogP contribution in [0.4, 0.5) is 5.69 Å². The van der Waals surface area contributed by atoms with Crippen molar-refractivity contribution in [2.24, 2.45) is 0 Å². The molecule has 0 bridgehead atoms. The maximum Gasteiger partial charge on any atom is 0.135 e. The maximum absolute atomic E-state index is 10.0. The van der Waals surface area contributed by atoms with E-state index in [1.807, 2.05) is 79.0 Å². The number of nitrogens with zero attached hydrogens (tertiary/aromatic N) is 3. The van der Waals surface area contributed by atoms with E-state index in [9.17, 15) is 5.41 Å². The number of anilines is 1. The Morgan fingerprint density at radius 1 is 0.771 bits per heavy atom. The summed E-state index contributed by atoms with van der Waals surface area (Å²) >= 11 is 0. The molecular formula is C42H33N4OPt-3. The fraction of sp³-hybridized carbons (Fsp3) is 0.0952. The van der Waals surface area contributed by atoms with Crippen LogP contribution in [0.3, 0.4) is 0 Å². The summed E-state index contributed by atoms with van der Waals surface area (Å²) in [5.41, 5.74) is 7.62. The van der Waals surface area contributed by atoms with Gasteiger partial charge in [0.25, 0.3) is 0 Å². The number of rotatable bonds is 8. The van der Waals surface area contributed by atoms with Crippen molar-refractivity contribution < 1.29 is 25.8 Å². The molecule has 2 aromatic heterocycles. The molecule has 0 aliphatic carbocycles. The molecule has 0 fully saturated rings. The van der Waals surface area contributed by atoms with Crippen LogP contribution in [-0.4, -0.2) is 15.8 Å². The minimum absolute atomic E-state index is 0. The van der Waals surface area contributed by atoms with E-state index < -0.39 is 0 Å². The Labute approximate surface area is 295 Å². The van der Waals surface area contributed by atoms with Crippen LogP contribution in [0.15, 0.2) is 134 Å². The van der Waals surface area contributed by atoms with Crippen molar-refractivity contribution in [1.29, 1.82) is 0 Å². The number of benzene rings is 5. The molecule has 5 nitrogen and oxygen atoms in total. The zero-order valence-corrected chi connectivity index (χ0v) is 29.1. The number of allylic oxidation sites excluding steroid dienone is 1. The molecule has 0 radical (unpaired) electrons. The third-order valence-electron chi connectivity index (χ3n) is 8.23. The molecule has 7 aromatic rings. The van der Waals surface area contributed by atoms with Crippen LogP contribution in [0.5, 0.6) is 11.5 Å². The van der Waals surface area contributed by atoms with E-state index in [0.29, 0.717) is 22.8 Å². The van der Waals surface area contributed by atoms with Crippen molar-refractivity contribution in [2.45, 2.75) is 26.2 Å². The summed E-state index contributed by atoms with van der Waals surface area (Å²) in [5.74, 6) is 1.95. The monoisotopic (exact) mass is 804 g/mol. The fourth-order valence-electron chi connectivity index (χ4n) is 5.73. The van der Waals surface area contributed by atoms with Gasteiger partial charge in [0.05, 0.1) is 0 Å². The first kappa shape index (κ1) is 32.7. The van der Waals surface area contributed by atoms with Crippen molar-refractivity contribution in [2.75, 3.05) is 5.32 Å². The SMILES string of the molecule is CC(C)(C)c1ccnc(-n2c3[c-]c(Oc4[c-]c(N/C=C(\C=[N-])c5ccc(-c6ccccc6)cc5)ccc4)ccc3c3ccccc32)c1.[Pt]. The Kier molecular flexibility index (Phi) is 9.43. The Morgan fingerprint density at radius 3 is 2.27 bits per heavy atom. The Bertz CT molecular complexity index is 2250. The number of aromatic nitrogens is 2. The Morgan fingerprint density at radius 2 is 1.50 bits per heavy atom. The average molecular weight is 805 g/mol. The molecule has 7 rings (SSSR count). The molecule has 6 heteroatoms.